The molecule has 4 N–H and O–H groups in total. The Morgan fingerprint density at radius 1 is 1.44 bits per heavy atom. The first kappa shape index (κ1) is 14.7. The third-order valence-corrected chi connectivity index (χ3v) is 3.49. The van der Waals surface area contributed by atoms with Crippen molar-refractivity contribution in [2.24, 2.45) is 5.73 Å². The van der Waals surface area contributed by atoms with Crippen molar-refractivity contribution in [2.75, 3.05) is 18.1 Å². The maximum Gasteiger partial charge on any atom is 0.316 e. The Labute approximate surface area is 114 Å². The molecule has 1 aromatic carbocycles. The van der Waals surface area contributed by atoms with Crippen LogP contribution >= 0.6 is 23.4 Å². The van der Waals surface area contributed by atoms with Gasteiger partial charge in [0.2, 0.25) is 5.91 Å². The summed E-state index contributed by atoms with van der Waals surface area (Å²) < 4.78 is 4.78. The van der Waals surface area contributed by atoms with Crippen LogP contribution in [0.25, 0.3) is 0 Å². The van der Waals surface area contributed by atoms with Crippen LogP contribution in [0.5, 0.6) is 0 Å². The van der Waals surface area contributed by atoms with Gasteiger partial charge in [0.1, 0.15) is 0 Å². The average Bonchev–Trinajstić information content (AvgIpc) is 2.27. The van der Waals surface area contributed by atoms with Crippen LogP contribution in [-0.4, -0.2) is 24.2 Å². The van der Waals surface area contributed by atoms with E-state index in [4.69, 9.17) is 27.8 Å². The Balaban J connectivity index is 2.93. The zero-order valence-electron chi connectivity index (χ0n) is 9.73. The van der Waals surface area contributed by atoms with E-state index in [9.17, 15) is 9.59 Å². The molecule has 5 nitrogen and oxygen atoms in total. The van der Waals surface area contributed by atoms with E-state index in [1.165, 1.54) is 12.1 Å². The molecule has 0 fully saturated rings. The number of esters is 1. The van der Waals surface area contributed by atoms with Crippen LogP contribution in [-0.2, 0) is 9.53 Å². The molecule has 7 heteroatoms. The molecule has 1 aromatic rings. The quantitative estimate of drug-likeness (QED) is 0.488. The highest BCUT2D eigenvalue weighted by Gasteiger charge is 2.15. The number of hydrogen-bond acceptors (Lipinski definition) is 5. The normalized spacial score (nSPS) is 10.1. The zero-order valence-corrected chi connectivity index (χ0v) is 11.3. The van der Waals surface area contributed by atoms with Crippen molar-refractivity contribution >= 4 is 40.9 Å². The van der Waals surface area contributed by atoms with Gasteiger partial charge in [-0.2, -0.15) is 0 Å². The van der Waals surface area contributed by atoms with Crippen LogP contribution in [0, 0.1) is 0 Å². The maximum absolute atomic E-state index is 11.3. The fourth-order valence-corrected chi connectivity index (χ4v) is 2.53. The summed E-state index contributed by atoms with van der Waals surface area (Å²) in [5.74, 6) is -0.973. The van der Waals surface area contributed by atoms with Crippen LogP contribution in [0.15, 0.2) is 17.0 Å². The van der Waals surface area contributed by atoms with Gasteiger partial charge in [0.25, 0.3) is 0 Å². The van der Waals surface area contributed by atoms with Crippen LogP contribution in [0.2, 0.25) is 5.02 Å². The van der Waals surface area contributed by atoms with E-state index in [0.29, 0.717) is 17.2 Å². The number of carbonyl (C=O) groups is 2. The Morgan fingerprint density at radius 2 is 2.11 bits per heavy atom. The summed E-state index contributed by atoms with van der Waals surface area (Å²) in [6.07, 6.45) is 0. The van der Waals surface area contributed by atoms with E-state index < -0.39 is 5.91 Å². The number of nitrogen functional groups attached to an aromatic ring is 1. The number of halogens is 1. The molecule has 0 radical (unpaired) electrons. The molecule has 0 saturated carbocycles. The maximum atomic E-state index is 11.3. The number of anilines is 1. The van der Waals surface area contributed by atoms with Crippen molar-refractivity contribution in [3.8, 4) is 0 Å². The highest BCUT2D eigenvalue weighted by molar-refractivity contribution is 8.00. The lowest BCUT2D eigenvalue weighted by Gasteiger charge is -2.09. The molecule has 1 amide bonds. The second kappa shape index (κ2) is 6.51. The van der Waals surface area contributed by atoms with Gasteiger partial charge in [-0.25, -0.2) is 0 Å². The van der Waals surface area contributed by atoms with Crippen LogP contribution in [0.1, 0.15) is 17.3 Å². The molecular formula is C11H13ClN2O3S. The number of thioether (sulfide) groups is 1. The third-order valence-electron chi connectivity index (χ3n) is 1.97. The van der Waals surface area contributed by atoms with Gasteiger partial charge in [-0.05, 0) is 19.1 Å². The number of hydrogen-bond donors (Lipinski definition) is 2. The third kappa shape index (κ3) is 3.82. The molecule has 0 heterocycles. The van der Waals surface area contributed by atoms with Crippen LogP contribution in [0.3, 0.4) is 0 Å². The molecule has 0 spiro atoms. The standard InChI is InChI=1S/C11H13ClN2O3S/c1-2-17-9(15)5-18-10-7(11(14)16)3-6(13)4-8(10)12/h3-4H,2,5,13H2,1H3,(H2,14,16). The molecule has 0 bridgehead atoms. The lowest BCUT2D eigenvalue weighted by atomic mass is 10.2. The summed E-state index contributed by atoms with van der Waals surface area (Å²) in [5, 5.41) is 0.290. The molecule has 0 aliphatic carbocycles. The summed E-state index contributed by atoms with van der Waals surface area (Å²) in [7, 11) is 0. The first-order valence-electron chi connectivity index (χ1n) is 5.13. The van der Waals surface area contributed by atoms with Crippen LogP contribution < -0.4 is 11.5 Å². The van der Waals surface area contributed by atoms with Gasteiger partial charge in [0.15, 0.2) is 0 Å². The highest BCUT2D eigenvalue weighted by Crippen LogP contribution is 2.32. The average molecular weight is 289 g/mol. The number of rotatable bonds is 5. The molecular weight excluding hydrogens is 276 g/mol. The molecule has 1 rings (SSSR count). The summed E-state index contributed by atoms with van der Waals surface area (Å²) >= 11 is 7.07. The lowest BCUT2D eigenvalue weighted by Crippen LogP contribution is -2.14. The Hall–Kier alpha value is -1.40. The number of nitrogens with two attached hydrogens (primary N) is 2. The second-order valence-corrected chi connectivity index (χ2v) is 4.73. The topological polar surface area (TPSA) is 95.4 Å². The van der Waals surface area contributed by atoms with Crippen molar-refractivity contribution in [3.05, 3.63) is 22.7 Å². The monoisotopic (exact) mass is 288 g/mol. The first-order valence-corrected chi connectivity index (χ1v) is 6.49. The van der Waals surface area contributed by atoms with E-state index in [-0.39, 0.29) is 22.3 Å². The van der Waals surface area contributed by atoms with E-state index >= 15 is 0 Å². The van der Waals surface area contributed by atoms with Crippen molar-refractivity contribution in [1.82, 2.24) is 0 Å². The molecule has 0 aliphatic rings. The van der Waals surface area contributed by atoms with Gasteiger partial charge in [-0.1, -0.05) is 11.6 Å². The smallest absolute Gasteiger partial charge is 0.316 e. The first-order chi connectivity index (χ1) is 8.45. The zero-order chi connectivity index (χ0) is 13.7. The SMILES string of the molecule is CCOC(=O)CSc1c(Cl)cc(N)cc1C(N)=O. The lowest BCUT2D eigenvalue weighted by molar-refractivity contribution is -0.139. The number of benzene rings is 1. The minimum Gasteiger partial charge on any atom is -0.465 e. The van der Waals surface area contributed by atoms with Gasteiger partial charge in [-0.3, -0.25) is 9.59 Å². The van der Waals surface area contributed by atoms with Gasteiger partial charge in [0, 0.05) is 10.6 Å². The number of primary amides is 1. The van der Waals surface area contributed by atoms with Crippen molar-refractivity contribution in [1.29, 1.82) is 0 Å². The molecule has 0 aliphatic heterocycles. The molecule has 98 valence electrons. The van der Waals surface area contributed by atoms with Crippen molar-refractivity contribution in [2.45, 2.75) is 11.8 Å². The summed E-state index contributed by atoms with van der Waals surface area (Å²) in [4.78, 5) is 23.0. The Morgan fingerprint density at radius 3 is 2.67 bits per heavy atom. The predicted octanol–water partition coefficient (Wildman–Crippen LogP) is 1.68. The van der Waals surface area contributed by atoms with Gasteiger partial charge >= 0.3 is 5.97 Å². The number of ether oxygens (including phenoxy) is 1. The molecule has 0 aromatic heterocycles. The van der Waals surface area contributed by atoms with E-state index in [0.717, 1.165) is 11.8 Å². The van der Waals surface area contributed by atoms with Crippen molar-refractivity contribution < 1.29 is 14.3 Å². The summed E-state index contributed by atoms with van der Waals surface area (Å²) in [6.45, 7) is 2.02. The Kier molecular flexibility index (Phi) is 5.30. The fraction of sp³-hybridized carbons (Fsp3) is 0.273. The molecule has 18 heavy (non-hydrogen) atoms. The van der Waals surface area contributed by atoms with E-state index in [2.05, 4.69) is 0 Å². The van der Waals surface area contributed by atoms with E-state index in [1.807, 2.05) is 0 Å². The number of carbonyl (C=O) groups excluding carboxylic acids is 2. The largest absolute Gasteiger partial charge is 0.465 e. The minimum atomic E-state index is -0.643. The summed E-state index contributed by atoms with van der Waals surface area (Å²) in [6, 6.07) is 2.93. The molecule has 0 atom stereocenters. The predicted molar refractivity (Wildman–Crippen MR) is 71.7 cm³/mol. The Bertz CT molecular complexity index is 480. The second-order valence-electron chi connectivity index (χ2n) is 3.34. The minimum absolute atomic E-state index is 0.0533. The highest BCUT2D eigenvalue weighted by atomic mass is 35.5. The number of amides is 1. The van der Waals surface area contributed by atoms with Gasteiger partial charge in [0.05, 0.1) is 22.9 Å². The van der Waals surface area contributed by atoms with E-state index in [1.54, 1.807) is 6.92 Å². The summed E-state index contributed by atoms with van der Waals surface area (Å²) in [5.41, 5.74) is 11.4. The molecule has 0 unspecified atom stereocenters. The van der Waals surface area contributed by atoms with Gasteiger partial charge < -0.3 is 16.2 Å². The van der Waals surface area contributed by atoms with Gasteiger partial charge in [-0.15, -0.1) is 11.8 Å². The van der Waals surface area contributed by atoms with Crippen molar-refractivity contribution in [3.63, 3.8) is 0 Å². The van der Waals surface area contributed by atoms with Crippen LogP contribution in [0.4, 0.5) is 5.69 Å². The fourth-order valence-electron chi connectivity index (χ4n) is 1.28. The molecule has 0 saturated heterocycles.